The molecule has 1 rings (SSSR count). The zero-order chi connectivity index (χ0) is 10.9. The van der Waals surface area contributed by atoms with Gasteiger partial charge in [0, 0.05) is 16.4 Å². The van der Waals surface area contributed by atoms with Gasteiger partial charge in [0.25, 0.3) is 0 Å². The van der Waals surface area contributed by atoms with Gasteiger partial charge in [0.05, 0.1) is 0 Å². The second kappa shape index (κ2) is 3.53. The van der Waals surface area contributed by atoms with Gasteiger partial charge in [0.1, 0.15) is 5.69 Å². The fourth-order valence-corrected chi connectivity index (χ4v) is 1.54. The highest BCUT2D eigenvalue weighted by Crippen LogP contribution is 2.18. The summed E-state index contributed by atoms with van der Waals surface area (Å²) in [5.41, 5.74) is 1.63. The van der Waals surface area contributed by atoms with E-state index in [4.69, 9.17) is 0 Å². The third kappa shape index (κ3) is 1.48. The first-order valence-electron chi connectivity index (χ1n) is 4.06. The first kappa shape index (κ1) is 10.3. The van der Waals surface area contributed by atoms with Gasteiger partial charge in [-0.3, -0.25) is 9.59 Å². The summed E-state index contributed by atoms with van der Waals surface area (Å²) in [6, 6.07) is 0. The van der Waals surface area contributed by atoms with E-state index in [1.54, 1.807) is 13.8 Å². The van der Waals surface area contributed by atoms with Crippen LogP contribution in [0.25, 0.3) is 0 Å². The molecule has 0 atom stereocenters. The number of nitrogens with one attached hydrogen (secondary N) is 1. The summed E-state index contributed by atoms with van der Waals surface area (Å²) >= 11 is 0. The van der Waals surface area contributed by atoms with Gasteiger partial charge in [0.15, 0.2) is 5.78 Å². The van der Waals surface area contributed by atoms with Crippen LogP contribution in [0.3, 0.4) is 0 Å². The number of rotatable bonds is 2. The number of nitroso groups, excluding NO2 is 1. The van der Waals surface area contributed by atoms with Crippen LogP contribution in [0.15, 0.2) is 5.18 Å². The Hall–Kier alpha value is -1.78. The standard InChI is InChI=1S/C9H10N2O3/c1-4-7(6(3)12)5(2)10-8(4)9(13)11-14/h10H,1-3H3. The minimum atomic E-state index is -0.877. The highest BCUT2D eigenvalue weighted by Gasteiger charge is 2.19. The third-order valence-corrected chi connectivity index (χ3v) is 2.09. The molecule has 0 aliphatic rings. The summed E-state index contributed by atoms with van der Waals surface area (Å²) in [5, 5.41) is 2.30. The number of aromatic nitrogens is 1. The number of Topliss-reactive ketones (excluding diaryl/α,β-unsaturated/α-hetero) is 1. The number of ketones is 1. The molecule has 0 bridgehead atoms. The predicted molar refractivity (Wildman–Crippen MR) is 50.4 cm³/mol. The van der Waals surface area contributed by atoms with Gasteiger partial charge >= 0.3 is 5.91 Å². The van der Waals surface area contributed by atoms with Gasteiger partial charge < -0.3 is 4.98 Å². The van der Waals surface area contributed by atoms with Crippen LogP contribution in [0.1, 0.15) is 39.0 Å². The predicted octanol–water partition coefficient (Wildman–Crippen LogP) is 1.74. The van der Waals surface area contributed by atoms with E-state index in [2.05, 4.69) is 10.2 Å². The van der Waals surface area contributed by atoms with Crippen molar-refractivity contribution >= 4 is 11.7 Å². The topological polar surface area (TPSA) is 79.4 Å². The van der Waals surface area contributed by atoms with E-state index in [9.17, 15) is 14.5 Å². The SMILES string of the molecule is CC(=O)c1c(C)[nH]c(C(=O)N=O)c1C. The molecule has 1 aromatic heterocycles. The lowest BCUT2D eigenvalue weighted by Crippen LogP contribution is -1.98. The van der Waals surface area contributed by atoms with E-state index in [1.807, 2.05) is 0 Å². The van der Waals surface area contributed by atoms with Crippen molar-refractivity contribution in [3.63, 3.8) is 0 Å². The van der Waals surface area contributed by atoms with Crippen molar-refractivity contribution in [3.8, 4) is 0 Å². The number of nitrogens with zero attached hydrogens (tertiary/aromatic N) is 1. The summed E-state index contributed by atoms with van der Waals surface area (Å²) in [7, 11) is 0. The van der Waals surface area contributed by atoms with E-state index in [0.29, 0.717) is 16.8 Å². The Kier molecular flexibility index (Phi) is 2.60. The average Bonchev–Trinajstić information content (AvgIpc) is 2.40. The first-order chi connectivity index (χ1) is 6.49. The van der Waals surface area contributed by atoms with Crippen LogP contribution in [0.5, 0.6) is 0 Å². The fourth-order valence-electron chi connectivity index (χ4n) is 1.54. The summed E-state index contributed by atoms with van der Waals surface area (Å²) in [6.45, 7) is 4.69. The number of H-pyrrole nitrogens is 1. The zero-order valence-corrected chi connectivity index (χ0v) is 8.17. The summed E-state index contributed by atoms with van der Waals surface area (Å²) in [4.78, 5) is 34.9. The molecule has 0 unspecified atom stereocenters. The van der Waals surface area contributed by atoms with Crippen molar-refractivity contribution in [2.45, 2.75) is 20.8 Å². The van der Waals surface area contributed by atoms with Crippen LogP contribution in [0.2, 0.25) is 0 Å². The Morgan fingerprint density at radius 2 is 1.86 bits per heavy atom. The number of hydrogen-bond acceptors (Lipinski definition) is 3. The monoisotopic (exact) mass is 194 g/mol. The highest BCUT2D eigenvalue weighted by molar-refractivity contribution is 6.02. The van der Waals surface area contributed by atoms with Crippen LogP contribution < -0.4 is 0 Å². The molecule has 0 aliphatic carbocycles. The minimum absolute atomic E-state index is 0.0997. The second-order valence-electron chi connectivity index (χ2n) is 3.08. The average molecular weight is 194 g/mol. The van der Waals surface area contributed by atoms with E-state index >= 15 is 0 Å². The third-order valence-electron chi connectivity index (χ3n) is 2.09. The van der Waals surface area contributed by atoms with Crippen molar-refractivity contribution < 1.29 is 9.59 Å². The van der Waals surface area contributed by atoms with Crippen molar-refractivity contribution in [1.82, 2.24) is 4.98 Å². The van der Waals surface area contributed by atoms with Crippen molar-refractivity contribution in [2.75, 3.05) is 0 Å². The first-order valence-corrected chi connectivity index (χ1v) is 4.06. The van der Waals surface area contributed by atoms with Crippen LogP contribution in [-0.2, 0) is 0 Å². The quantitative estimate of drug-likeness (QED) is 0.575. The normalized spacial score (nSPS) is 9.93. The molecule has 74 valence electrons. The molecular formula is C9H10N2O3. The fraction of sp³-hybridized carbons (Fsp3) is 0.333. The van der Waals surface area contributed by atoms with Crippen molar-refractivity contribution in [3.05, 3.63) is 27.4 Å². The maximum atomic E-state index is 11.2. The largest absolute Gasteiger partial charge is 0.354 e. The Morgan fingerprint density at radius 3 is 2.21 bits per heavy atom. The Labute approximate surface area is 80.5 Å². The number of carbonyl (C=O) groups is 2. The molecule has 1 heterocycles. The van der Waals surface area contributed by atoms with Gasteiger partial charge in [-0.25, -0.2) is 0 Å². The zero-order valence-electron chi connectivity index (χ0n) is 8.17. The summed E-state index contributed by atoms with van der Waals surface area (Å²) < 4.78 is 0. The molecule has 1 amide bonds. The van der Waals surface area contributed by atoms with Crippen LogP contribution >= 0.6 is 0 Å². The smallest absolute Gasteiger partial charge is 0.333 e. The molecule has 0 aliphatic heterocycles. The van der Waals surface area contributed by atoms with Gasteiger partial charge in [0.2, 0.25) is 0 Å². The minimum Gasteiger partial charge on any atom is -0.354 e. The second-order valence-corrected chi connectivity index (χ2v) is 3.08. The highest BCUT2D eigenvalue weighted by atomic mass is 16.3. The Balaban J connectivity index is 3.37. The number of carbonyl (C=O) groups excluding carboxylic acids is 2. The van der Waals surface area contributed by atoms with E-state index < -0.39 is 5.91 Å². The lowest BCUT2D eigenvalue weighted by molar-refractivity contribution is 0.0995. The Morgan fingerprint density at radius 1 is 1.29 bits per heavy atom. The maximum Gasteiger partial charge on any atom is 0.333 e. The molecule has 14 heavy (non-hydrogen) atoms. The molecule has 0 radical (unpaired) electrons. The maximum absolute atomic E-state index is 11.2. The lowest BCUT2D eigenvalue weighted by Gasteiger charge is -1.94. The molecule has 5 heteroatoms. The van der Waals surface area contributed by atoms with Crippen LogP contribution in [0.4, 0.5) is 0 Å². The molecule has 0 spiro atoms. The van der Waals surface area contributed by atoms with Crippen molar-refractivity contribution in [2.24, 2.45) is 5.18 Å². The molecule has 0 saturated carbocycles. The van der Waals surface area contributed by atoms with Crippen molar-refractivity contribution in [1.29, 1.82) is 0 Å². The number of amides is 1. The van der Waals surface area contributed by atoms with Gasteiger partial charge in [-0.1, -0.05) is 0 Å². The molecule has 1 aromatic rings. The Bertz CT molecular complexity index is 418. The van der Waals surface area contributed by atoms with Gasteiger partial charge in [-0.05, 0) is 26.3 Å². The van der Waals surface area contributed by atoms with E-state index in [1.165, 1.54) is 6.92 Å². The van der Waals surface area contributed by atoms with Crippen LogP contribution in [0, 0.1) is 18.8 Å². The van der Waals surface area contributed by atoms with E-state index in [0.717, 1.165) is 0 Å². The lowest BCUT2D eigenvalue weighted by atomic mass is 10.1. The molecule has 0 aromatic carbocycles. The van der Waals surface area contributed by atoms with Crippen LogP contribution in [-0.4, -0.2) is 16.7 Å². The molecule has 0 fully saturated rings. The molecule has 5 nitrogen and oxygen atoms in total. The molecular weight excluding hydrogens is 184 g/mol. The number of aromatic amines is 1. The number of hydrogen-bond donors (Lipinski definition) is 1. The molecule has 1 N–H and O–H groups in total. The van der Waals surface area contributed by atoms with Gasteiger partial charge in [-0.2, -0.15) is 0 Å². The summed E-state index contributed by atoms with van der Waals surface area (Å²) in [5.74, 6) is -1.01. The molecule has 0 saturated heterocycles. The number of aryl methyl sites for hydroxylation is 1. The van der Waals surface area contributed by atoms with Gasteiger partial charge in [-0.15, -0.1) is 4.91 Å². The van der Waals surface area contributed by atoms with E-state index in [-0.39, 0.29) is 11.5 Å². The summed E-state index contributed by atoms with van der Waals surface area (Å²) in [6.07, 6.45) is 0.